The number of rotatable bonds is 3. The minimum Gasteiger partial charge on any atom is -0.399 e. The van der Waals surface area contributed by atoms with Crippen LogP contribution in [-0.4, -0.2) is 45.5 Å². The van der Waals surface area contributed by atoms with Crippen molar-refractivity contribution < 1.29 is 14.1 Å². The van der Waals surface area contributed by atoms with Crippen molar-refractivity contribution in [2.45, 2.75) is 58.4 Å². The first kappa shape index (κ1) is 18.3. The highest BCUT2D eigenvalue weighted by atomic mass is 16.7. The molecule has 1 saturated heterocycles. The molecule has 0 spiro atoms. The molecular formula is C20H26BN3O3. The van der Waals surface area contributed by atoms with E-state index in [0.29, 0.717) is 26.1 Å². The van der Waals surface area contributed by atoms with E-state index in [1.165, 1.54) is 0 Å². The molecule has 1 amide bonds. The van der Waals surface area contributed by atoms with Crippen molar-refractivity contribution in [1.82, 2.24) is 14.7 Å². The number of amides is 1. The maximum absolute atomic E-state index is 12.8. The van der Waals surface area contributed by atoms with Gasteiger partial charge in [0.15, 0.2) is 0 Å². The van der Waals surface area contributed by atoms with Crippen molar-refractivity contribution in [3.8, 4) is 0 Å². The summed E-state index contributed by atoms with van der Waals surface area (Å²) >= 11 is 0. The van der Waals surface area contributed by atoms with E-state index in [0.717, 1.165) is 16.7 Å². The third kappa shape index (κ3) is 3.30. The van der Waals surface area contributed by atoms with E-state index < -0.39 is 18.3 Å². The first-order valence-corrected chi connectivity index (χ1v) is 9.49. The monoisotopic (exact) mass is 367 g/mol. The van der Waals surface area contributed by atoms with Crippen LogP contribution in [0.3, 0.4) is 0 Å². The third-order valence-electron chi connectivity index (χ3n) is 5.96. The van der Waals surface area contributed by atoms with Gasteiger partial charge in [0.1, 0.15) is 0 Å². The summed E-state index contributed by atoms with van der Waals surface area (Å²) in [6.07, 6.45) is 2.24. The average Bonchev–Trinajstić information content (AvgIpc) is 3.13. The summed E-state index contributed by atoms with van der Waals surface area (Å²) in [5.41, 5.74) is 2.16. The molecule has 0 saturated carbocycles. The highest BCUT2D eigenvalue weighted by Crippen LogP contribution is 2.36. The van der Waals surface area contributed by atoms with Crippen LogP contribution in [0.25, 0.3) is 0 Å². The van der Waals surface area contributed by atoms with Gasteiger partial charge in [-0.05, 0) is 33.3 Å². The van der Waals surface area contributed by atoms with Crippen molar-refractivity contribution in [2.24, 2.45) is 0 Å². The van der Waals surface area contributed by atoms with Gasteiger partial charge < -0.3 is 14.2 Å². The number of carbonyl (C=O) groups is 1. The Balaban J connectivity index is 1.52. The van der Waals surface area contributed by atoms with E-state index in [9.17, 15) is 4.79 Å². The highest BCUT2D eigenvalue weighted by Gasteiger charge is 2.53. The van der Waals surface area contributed by atoms with Crippen LogP contribution < -0.4 is 5.46 Å². The summed E-state index contributed by atoms with van der Waals surface area (Å²) in [5, 5.41) is 4.49. The average molecular weight is 367 g/mol. The summed E-state index contributed by atoms with van der Waals surface area (Å²) in [5.74, 6) is 0.133. The van der Waals surface area contributed by atoms with Crippen LogP contribution in [0.15, 0.2) is 36.5 Å². The van der Waals surface area contributed by atoms with Crippen LogP contribution >= 0.6 is 0 Å². The molecule has 142 valence electrons. The molecule has 2 aliphatic heterocycles. The van der Waals surface area contributed by atoms with Crippen LogP contribution in [0.4, 0.5) is 0 Å². The molecule has 2 aliphatic rings. The van der Waals surface area contributed by atoms with Crippen LogP contribution in [0.5, 0.6) is 0 Å². The number of benzene rings is 1. The number of aromatic nitrogens is 2. The molecular weight excluding hydrogens is 341 g/mol. The maximum atomic E-state index is 12.8. The van der Waals surface area contributed by atoms with Gasteiger partial charge in [0, 0.05) is 18.2 Å². The molecule has 1 aromatic carbocycles. The second kappa shape index (κ2) is 6.50. The standard InChI is InChI=1S/C20H26BN3O3/c1-19(2)20(3,4)27-21(26-19)16-13-22-24-11-10-23(14-17(16)24)18(25)12-15-8-6-5-7-9-15/h5-9,13H,10-12,14H2,1-4H3. The first-order chi connectivity index (χ1) is 12.8. The van der Waals surface area contributed by atoms with Gasteiger partial charge in [0.25, 0.3) is 0 Å². The lowest BCUT2D eigenvalue weighted by molar-refractivity contribution is -0.131. The van der Waals surface area contributed by atoms with Gasteiger partial charge in [-0.25, -0.2) is 0 Å². The first-order valence-electron chi connectivity index (χ1n) is 9.49. The molecule has 7 heteroatoms. The number of carbonyl (C=O) groups excluding carboxylic acids is 1. The van der Waals surface area contributed by atoms with Gasteiger partial charge in [0.2, 0.25) is 5.91 Å². The second-order valence-electron chi connectivity index (χ2n) is 8.34. The van der Waals surface area contributed by atoms with E-state index in [2.05, 4.69) is 5.10 Å². The van der Waals surface area contributed by atoms with E-state index in [4.69, 9.17) is 9.31 Å². The molecule has 0 aliphatic carbocycles. The van der Waals surface area contributed by atoms with Gasteiger partial charge in [-0.1, -0.05) is 30.3 Å². The molecule has 2 aromatic rings. The predicted molar refractivity (Wildman–Crippen MR) is 104 cm³/mol. The summed E-state index contributed by atoms with van der Waals surface area (Å²) in [6.45, 7) is 10.1. The van der Waals surface area contributed by atoms with Gasteiger partial charge in [-0.3, -0.25) is 9.48 Å². The maximum Gasteiger partial charge on any atom is 0.498 e. The molecule has 0 N–H and O–H groups in total. The number of hydrogen-bond acceptors (Lipinski definition) is 4. The minimum absolute atomic E-state index is 0.133. The Labute approximate surface area is 160 Å². The van der Waals surface area contributed by atoms with Crippen molar-refractivity contribution in [1.29, 1.82) is 0 Å². The Morgan fingerprint density at radius 2 is 1.78 bits per heavy atom. The van der Waals surface area contributed by atoms with E-state index >= 15 is 0 Å². The number of hydrogen-bond donors (Lipinski definition) is 0. The van der Waals surface area contributed by atoms with Crippen molar-refractivity contribution in [3.63, 3.8) is 0 Å². The highest BCUT2D eigenvalue weighted by molar-refractivity contribution is 6.62. The quantitative estimate of drug-likeness (QED) is 0.776. The van der Waals surface area contributed by atoms with Crippen molar-refractivity contribution in [2.75, 3.05) is 6.54 Å². The van der Waals surface area contributed by atoms with E-state index in [1.807, 2.05) is 73.8 Å². The lowest BCUT2D eigenvalue weighted by Gasteiger charge is -2.32. The van der Waals surface area contributed by atoms with Crippen LogP contribution in [-0.2, 0) is 33.6 Å². The molecule has 0 atom stereocenters. The summed E-state index contributed by atoms with van der Waals surface area (Å²) in [7, 11) is -0.456. The summed E-state index contributed by atoms with van der Waals surface area (Å²) in [4.78, 5) is 14.7. The molecule has 0 radical (unpaired) electrons. The SMILES string of the molecule is CC1(C)OB(c2cnn3c2CN(C(=O)Cc2ccccc2)CC3)OC1(C)C. The molecule has 1 fully saturated rings. The molecule has 1 aromatic heterocycles. The summed E-state index contributed by atoms with van der Waals surface area (Å²) < 4.78 is 14.3. The van der Waals surface area contributed by atoms with Gasteiger partial charge in [0.05, 0.1) is 36.4 Å². The smallest absolute Gasteiger partial charge is 0.399 e. The molecule has 6 nitrogen and oxygen atoms in total. The Morgan fingerprint density at radius 3 is 2.44 bits per heavy atom. The zero-order chi connectivity index (χ0) is 19.2. The van der Waals surface area contributed by atoms with E-state index in [-0.39, 0.29) is 5.91 Å². The summed E-state index contributed by atoms with van der Waals surface area (Å²) in [6, 6.07) is 9.86. The number of nitrogens with zero attached hydrogens (tertiary/aromatic N) is 3. The lowest BCUT2D eigenvalue weighted by atomic mass is 9.79. The van der Waals surface area contributed by atoms with Gasteiger partial charge in [-0.2, -0.15) is 5.10 Å². The fourth-order valence-corrected chi connectivity index (χ4v) is 3.53. The molecule has 0 unspecified atom stereocenters. The van der Waals surface area contributed by atoms with E-state index in [1.54, 1.807) is 0 Å². The Hall–Kier alpha value is -2.12. The molecule has 0 bridgehead atoms. The van der Waals surface area contributed by atoms with Gasteiger partial charge in [-0.15, -0.1) is 0 Å². The predicted octanol–water partition coefficient (Wildman–Crippen LogP) is 1.77. The zero-order valence-electron chi connectivity index (χ0n) is 16.4. The van der Waals surface area contributed by atoms with Crippen LogP contribution in [0.1, 0.15) is 39.0 Å². The zero-order valence-corrected chi connectivity index (χ0v) is 16.4. The van der Waals surface area contributed by atoms with Crippen LogP contribution in [0, 0.1) is 0 Å². The minimum atomic E-state index is -0.456. The Bertz CT molecular complexity index is 831. The molecule has 3 heterocycles. The fraction of sp³-hybridized carbons (Fsp3) is 0.500. The molecule has 27 heavy (non-hydrogen) atoms. The topological polar surface area (TPSA) is 56.6 Å². The largest absolute Gasteiger partial charge is 0.498 e. The second-order valence-corrected chi connectivity index (χ2v) is 8.34. The van der Waals surface area contributed by atoms with Crippen LogP contribution in [0.2, 0.25) is 0 Å². The lowest BCUT2D eigenvalue weighted by Crippen LogP contribution is -2.44. The molecule has 4 rings (SSSR count). The van der Waals surface area contributed by atoms with Crippen molar-refractivity contribution >= 4 is 18.5 Å². The van der Waals surface area contributed by atoms with Gasteiger partial charge >= 0.3 is 7.12 Å². The Kier molecular flexibility index (Phi) is 4.39. The third-order valence-corrected chi connectivity index (χ3v) is 5.96. The normalized spacial score (nSPS) is 20.6. The fourth-order valence-electron chi connectivity index (χ4n) is 3.53. The van der Waals surface area contributed by atoms with Crippen molar-refractivity contribution in [3.05, 3.63) is 47.8 Å². The Morgan fingerprint density at radius 1 is 1.11 bits per heavy atom. The number of fused-ring (bicyclic) bond motifs is 1.